The van der Waals surface area contributed by atoms with Crippen LogP contribution >= 0.6 is 0 Å². The summed E-state index contributed by atoms with van der Waals surface area (Å²) in [5.74, 6) is 0.670. The molecule has 0 aliphatic carbocycles. The molecule has 3 nitrogen and oxygen atoms in total. The molecule has 2 atom stereocenters. The van der Waals surface area contributed by atoms with Crippen molar-refractivity contribution in [2.75, 3.05) is 13.2 Å². The molecule has 1 aliphatic rings. The second-order valence-corrected chi connectivity index (χ2v) is 4.93. The summed E-state index contributed by atoms with van der Waals surface area (Å²) in [6.45, 7) is 9.40. The van der Waals surface area contributed by atoms with Crippen molar-refractivity contribution >= 4 is 0 Å². The topological polar surface area (TPSA) is 38.7 Å². The number of aliphatic hydroxyl groups is 1. The van der Waals surface area contributed by atoms with E-state index in [1.54, 1.807) is 0 Å². The number of aliphatic hydroxyl groups excluding tert-OH is 1. The maximum absolute atomic E-state index is 10.2. The molecule has 1 aliphatic heterocycles. The Kier molecular flexibility index (Phi) is 4.17. The van der Waals surface area contributed by atoms with Gasteiger partial charge in [-0.1, -0.05) is 20.8 Å². The standard InChI is InChI=1S/C12H22O3/c1-5-14-11(12(2,3)4)10(13)9-7-6-8-15-9/h7,10-11,13H,5-6,8H2,1-4H3. The molecule has 0 aromatic carbocycles. The van der Waals surface area contributed by atoms with Gasteiger partial charge in [-0.05, 0) is 18.4 Å². The molecular weight excluding hydrogens is 192 g/mol. The summed E-state index contributed by atoms with van der Waals surface area (Å²) in [5.41, 5.74) is -0.0950. The Hall–Kier alpha value is -0.540. The molecule has 0 aromatic rings. The van der Waals surface area contributed by atoms with Crippen molar-refractivity contribution in [3.8, 4) is 0 Å². The Labute approximate surface area is 92.1 Å². The quantitative estimate of drug-likeness (QED) is 0.779. The average Bonchev–Trinajstić information content (AvgIpc) is 2.63. The van der Waals surface area contributed by atoms with E-state index in [9.17, 15) is 5.11 Å². The zero-order chi connectivity index (χ0) is 11.5. The fraction of sp³-hybridized carbons (Fsp3) is 0.833. The first-order chi connectivity index (χ1) is 6.96. The maximum atomic E-state index is 10.2. The summed E-state index contributed by atoms with van der Waals surface area (Å²) in [4.78, 5) is 0. The first-order valence-corrected chi connectivity index (χ1v) is 5.59. The second kappa shape index (κ2) is 4.99. The summed E-state index contributed by atoms with van der Waals surface area (Å²) in [6, 6.07) is 0. The first kappa shape index (κ1) is 12.5. The molecule has 3 heteroatoms. The second-order valence-electron chi connectivity index (χ2n) is 4.93. The van der Waals surface area contributed by atoms with E-state index >= 15 is 0 Å². The highest BCUT2D eigenvalue weighted by molar-refractivity contribution is 5.08. The van der Waals surface area contributed by atoms with Gasteiger partial charge in [0.05, 0.1) is 12.7 Å². The van der Waals surface area contributed by atoms with Crippen LogP contribution in [0.25, 0.3) is 0 Å². The summed E-state index contributed by atoms with van der Waals surface area (Å²) in [6.07, 6.45) is 1.97. The highest BCUT2D eigenvalue weighted by atomic mass is 16.5. The van der Waals surface area contributed by atoms with E-state index in [0.29, 0.717) is 19.0 Å². The van der Waals surface area contributed by atoms with Crippen molar-refractivity contribution in [3.63, 3.8) is 0 Å². The van der Waals surface area contributed by atoms with E-state index in [4.69, 9.17) is 9.47 Å². The predicted octanol–water partition coefficient (Wildman–Crippen LogP) is 2.10. The third-order valence-electron chi connectivity index (χ3n) is 2.51. The van der Waals surface area contributed by atoms with Gasteiger partial charge in [0.25, 0.3) is 0 Å². The normalized spacial score (nSPS) is 20.7. The molecule has 0 saturated carbocycles. The molecule has 15 heavy (non-hydrogen) atoms. The Morgan fingerprint density at radius 1 is 1.53 bits per heavy atom. The van der Waals surface area contributed by atoms with Crippen LogP contribution in [0.2, 0.25) is 0 Å². The third-order valence-corrected chi connectivity index (χ3v) is 2.51. The van der Waals surface area contributed by atoms with Crippen molar-refractivity contribution in [2.45, 2.75) is 46.3 Å². The molecule has 88 valence electrons. The molecule has 1 rings (SSSR count). The van der Waals surface area contributed by atoms with Crippen molar-refractivity contribution in [3.05, 3.63) is 11.8 Å². The summed E-state index contributed by atoms with van der Waals surface area (Å²) in [5, 5.41) is 10.2. The largest absolute Gasteiger partial charge is 0.495 e. The average molecular weight is 214 g/mol. The van der Waals surface area contributed by atoms with Gasteiger partial charge in [-0.2, -0.15) is 0 Å². The van der Waals surface area contributed by atoms with Crippen LogP contribution in [0.15, 0.2) is 11.8 Å². The number of hydrogen-bond donors (Lipinski definition) is 1. The van der Waals surface area contributed by atoms with E-state index in [0.717, 1.165) is 6.42 Å². The van der Waals surface area contributed by atoms with Crippen LogP contribution in [0.4, 0.5) is 0 Å². The van der Waals surface area contributed by atoms with Gasteiger partial charge in [0, 0.05) is 13.0 Å². The highest BCUT2D eigenvalue weighted by Gasteiger charge is 2.35. The number of rotatable bonds is 4. The Bertz CT molecular complexity index is 228. The summed E-state index contributed by atoms with van der Waals surface area (Å²) >= 11 is 0. The van der Waals surface area contributed by atoms with E-state index in [1.807, 2.05) is 13.0 Å². The molecule has 0 bridgehead atoms. The minimum atomic E-state index is -0.646. The fourth-order valence-corrected chi connectivity index (χ4v) is 1.79. The van der Waals surface area contributed by atoms with Crippen LogP contribution in [-0.2, 0) is 9.47 Å². The Morgan fingerprint density at radius 2 is 2.20 bits per heavy atom. The van der Waals surface area contributed by atoms with Gasteiger partial charge in [-0.3, -0.25) is 0 Å². The van der Waals surface area contributed by atoms with Gasteiger partial charge in [-0.25, -0.2) is 0 Å². The molecule has 2 unspecified atom stereocenters. The van der Waals surface area contributed by atoms with Gasteiger partial charge in [0.2, 0.25) is 0 Å². The first-order valence-electron chi connectivity index (χ1n) is 5.59. The molecule has 0 saturated heterocycles. The zero-order valence-electron chi connectivity index (χ0n) is 10.1. The lowest BCUT2D eigenvalue weighted by Crippen LogP contribution is -2.41. The molecule has 1 N–H and O–H groups in total. The minimum Gasteiger partial charge on any atom is -0.495 e. The van der Waals surface area contributed by atoms with Crippen molar-refractivity contribution in [1.29, 1.82) is 0 Å². The highest BCUT2D eigenvalue weighted by Crippen LogP contribution is 2.29. The fourth-order valence-electron chi connectivity index (χ4n) is 1.79. The number of hydrogen-bond acceptors (Lipinski definition) is 3. The number of ether oxygens (including phenoxy) is 2. The van der Waals surface area contributed by atoms with Crippen molar-refractivity contribution < 1.29 is 14.6 Å². The van der Waals surface area contributed by atoms with E-state index in [2.05, 4.69) is 20.8 Å². The lowest BCUT2D eigenvalue weighted by atomic mass is 9.85. The lowest BCUT2D eigenvalue weighted by molar-refractivity contribution is -0.0884. The Morgan fingerprint density at radius 3 is 2.60 bits per heavy atom. The Balaban J connectivity index is 2.70. The van der Waals surface area contributed by atoms with Gasteiger partial charge in [0.1, 0.15) is 11.9 Å². The van der Waals surface area contributed by atoms with Crippen molar-refractivity contribution in [2.24, 2.45) is 5.41 Å². The molecule has 0 amide bonds. The maximum Gasteiger partial charge on any atom is 0.137 e. The minimum absolute atomic E-state index is 0.0950. The zero-order valence-corrected chi connectivity index (χ0v) is 10.1. The van der Waals surface area contributed by atoms with Gasteiger partial charge >= 0.3 is 0 Å². The molecule has 0 radical (unpaired) electrons. The third kappa shape index (κ3) is 3.21. The van der Waals surface area contributed by atoms with E-state index in [1.165, 1.54) is 0 Å². The lowest BCUT2D eigenvalue weighted by Gasteiger charge is -2.34. The van der Waals surface area contributed by atoms with E-state index < -0.39 is 6.10 Å². The molecule has 1 heterocycles. The van der Waals surface area contributed by atoms with Crippen LogP contribution in [0.5, 0.6) is 0 Å². The van der Waals surface area contributed by atoms with Crippen molar-refractivity contribution in [1.82, 2.24) is 0 Å². The van der Waals surface area contributed by atoms with Crippen LogP contribution < -0.4 is 0 Å². The monoisotopic (exact) mass is 214 g/mol. The smallest absolute Gasteiger partial charge is 0.137 e. The molecule has 0 fully saturated rings. The predicted molar refractivity (Wildman–Crippen MR) is 59.5 cm³/mol. The molecular formula is C12H22O3. The van der Waals surface area contributed by atoms with Gasteiger partial charge < -0.3 is 14.6 Å². The SMILES string of the molecule is CCOC(C(O)C1=CCCO1)C(C)(C)C. The van der Waals surface area contributed by atoms with Crippen LogP contribution in [0, 0.1) is 5.41 Å². The van der Waals surface area contributed by atoms with Gasteiger partial charge in [0.15, 0.2) is 0 Å². The summed E-state index contributed by atoms with van der Waals surface area (Å²) in [7, 11) is 0. The summed E-state index contributed by atoms with van der Waals surface area (Å²) < 4.78 is 11.0. The molecule has 0 spiro atoms. The van der Waals surface area contributed by atoms with Crippen LogP contribution in [-0.4, -0.2) is 30.5 Å². The van der Waals surface area contributed by atoms with E-state index in [-0.39, 0.29) is 11.5 Å². The van der Waals surface area contributed by atoms with Crippen LogP contribution in [0.1, 0.15) is 34.1 Å². The van der Waals surface area contributed by atoms with Gasteiger partial charge in [-0.15, -0.1) is 0 Å². The van der Waals surface area contributed by atoms with Crippen LogP contribution in [0.3, 0.4) is 0 Å². The molecule has 0 aromatic heterocycles.